The van der Waals surface area contributed by atoms with Gasteiger partial charge in [0.2, 0.25) is 0 Å². The van der Waals surface area contributed by atoms with E-state index in [0.717, 1.165) is 17.1 Å². The molecule has 0 aliphatic rings. The largest absolute Gasteiger partial charge is 0.115 e. The van der Waals surface area contributed by atoms with Crippen LogP contribution >= 0.6 is 21.6 Å². The Morgan fingerprint density at radius 2 is 1.92 bits per heavy atom. The van der Waals surface area contributed by atoms with Gasteiger partial charge in [-0.25, -0.2) is 0 Å². The van der Waals surface area contributed by atoms with Crippen LogP contribution in [0.5, 0.6) is 0 Å². The highest BCUT2D eigenvalue weighted by Gasteiger charge is 1.93. The normalized spacial score (nSPS) is 9.54. The maximum atomic E-state index is 5.26. The minimum Gasteiger partial charge on any atom is -0.115 e. The zero-order valence-electron chi connectivity index (χ0n) is 7.62. The van der Waals surface area contributed by atoms with E-state index in [0.29, 0.717) is 0 Å². The van der Waals surface area contributed by atoms with Gasteiger partial charge < -0.3 is 0 Å². The highest BCUT2D eigenvalue weighted by molar-refractivity contribution is 8.76. The molecule has 0 saturated carbocycles. The van der Waals surface area contributed by atoms with Crippen LogP contribution in [0.1, 0.15) is 18.1 Å². The van der Waals surface area contributed by atoms with E-state index in [9.17, 15) is 0 Å². The fourth-order valence-electron chi connectivity index (χ4n) is 0.890. The Balaban J connectivity index is 2.46. The fourth-order valence-corrected chi connectivity index (χ4v) is 2.63. The topological polar surface area (TPSA) is 0 Å². The van der Waals surface area contributed by atoms with Crippen molar-refractivity contribution in [2.75, 3.05) is 5.75 Å². The van der Waals surface area contributed by atoms with Crippen molar-refractivity contribution in [3.05, 3.63) is 35.4 Å². The Morgan fingerprint density at radius 1 is 1.23 bits per heavy atom. The summed E-state index contributed by atoms with van der Waals surface area (Å²) in [5.41, 5.74) is 2.29. The molecule has 0 fully saturated rings. The van der Waals surface area contributed by atoms with Crippen LogP contribution in [0, 0.1) is 12.3 Å². The van der Waals surface area contributed by atoms with E-state index < -0.39 is 0 Å². The molecule has 13 heavy (non-hydrogen) atoms. The van der Waals surface area contributed by atoms with E-state index >= 15 is 0 Å². The van der Waals surface area contributed by atoms with Crippen LogP contribution < -0.4 is 0 Å². The Morgan fingerprint density at radius 3 is 2.46 bits per heavy atom. The minimum atomic E-state index is 0.955. The Bertz CT molecular complexity index is 282. The molecule has 0 spiro atoms. The first kappa shape index (κ1) is 10.6. The summed E-state index contributed by atoms with van der Waals surface area (Å²) in [6.45, 7) is 2.17. The molecule has 2 heteroatoms. The predicted molar refractivity (Wildman–Crippen MR) is 63.8 cm³/mol. The Hall–Kier alpha value is -0.520. The van der Waals surface area contributed by atoms with Crippen LogP contribution in [-0.4, -0.2) is 5.75 Å². The summed E-state index contributed by atoms with van der Waals surface area (Å²) < 4.78 is 0. The van der Waals surface area contributed by atoms with Crippen molar-refractivity contribution in [2.24, 2.45) is 0 Å². The van der Waals surface area contributed by atoms with Gasteiger partial charge in [0.25, 0.3) is 0 Å². The molecule has 0 aromatic heterocycles. The second kappa shape index (κ2) is 6.01. The lowest BCUT2D eigenvalue weighted by molar-refractivity contribution is 1.42. The Kier molecular flexibility index (Phi) is 4.88. The van der Waals surface area contributed by atoms with Crippen molar-refractivity contribution >= 4 is 21.6 Å². The first-order chi connectivity index (χ1) is 6.36. The van der Waals surface area contributed by atoms with Crippen LogP contribution in [0.4, 0.5) is 0 Å². The van der Waals surface area contributed by atoms with E-state index in [1.165, 1.54) is 5.56 Å². The summed E-state index contributed by atoms with van der Waals surface area (Å²) in [5, 5.41) is 0. The van der Waals surface area contributed by atoms with Crippen molar-refractivity contribution in [3.8, 4) is 12.3 Å². The highest BCUT2D eigenvalue weighted by atomic mass is 33.1. The molecule has 68 valence electrons. The van der Waals surface area contributed by atoms with Gasteiger partial charge in [-0.15, -0.1) is 6.42 Å². The molecular weight excluding hydrogens is 196 g/mol. The van der Waals surface area contributed by atoms with Crippen LogP contribution in [0.2, 0.25) is 0 Å². The van der Waals surface area contributed by atoms with E-state index in [1.807, 2.05) is 33.7 Å². The van der Waals surface area contributed by atoms with Gasteiger partial charge in [0.1, 0.15) is 0 Å². The van der Waals surface area contributed by atoms with Gasteiger partial charge in [-0.05, 0) is 17.7 Å². The lowest BCUT2D eigenvalue weighted by Crippen LogP contribution is -1.79. The van der Waals surface area contributed by atoms with E-state index in [-0.39, 0.29) is 0 Å². The molecule has 1 aromatic rings. The van der Waals surface area contributed by atoms with E-state index in [1.54, 1.807) is 0 Å². The third kappa shape index (κ3) is 3.80. The lowest BCUT2D eigenvalue weighted by atomic mass is 10.2. The number of benzene rings is 1. The van der Waals surface area contributed by atoms with Gasteiger partial charge in [0.05, 0.1) is 0 Å². The zero-order chi connectivity index (χ0) is 9.52. The number of hydrogen-bond donors (Lipinski definition) is 0. The molecular formula is C11H12S2. The van der Waals surface area contributed by atoms with Crippen LogP contribution in [0.25, 0.3) is 0 Å². The smallest absolute Gasteiger partial charge is 0.0288 e. The third-order valence-electron chi connectivity index (χ3n) is 1.55. The molecule has 0 aliphatic heterocycles. The third-order valence-corrected chi connectivity index (χ3v) is 3.96. The number of terminal acetylenes is 1. The maximum Gasteiger partial charge on any atom is 0.0288 e. The lowest BCUT2D eigenvalue weighted by Gasteiger charge is -1.99. The molecule has 0 amide bonds. The second-order valence-electron chi connectivity index (χ2n) is 2.51. The SMILES string of the molecule is C#Cc1ccc(CSSCC)cc1. The van der Waals surface area contributed by atoms with Gasteiger partial charge >= 0.3 is 0 Å². The average molecular weight is 208 g/mol. The first-order valence-electron chi connectivity index (χ1n) is 4.16. The molecule has 0 saturated heterocycles. The highest BCUT2D eigenvalue weighted by Crippen LogP contribution is 2.25. The van der Waals surface area contributed by atoms with Gasteiger partial charge in [-0.1, -0.05) is 46.6 Å². The van der Waals surface area contributed by atoms with Crippen LogP contribution in [0.3, 0.4) is 0 Å². The summed E-state index contributed by atoms with van der Waals surface area (Å²) in [7, 11) is 3.77. The van der Waals surface area contributed by atoms with Gasteiger partial charge in [0, 0.05) is 17.1 Å². The minimum absolute atomic E-state index is 0.955. The molecule has 0 heterocycles. The van der Waals surface area contributed by atoms with Crippen molar-refractivity contribution in [1.82, 2.24) is 0 Å². The predicted octanol–water partition coefficient (Wildman–Crippen LogP) is 3.57. The number of rotatable bonds is 4. The standard InChI is InChI=1S/C11H12S2/c1-3-10-5-7-11(8-6-10)9-13-12-4-2/h1,5-8H,4,9H2,2H3. The Labute approximate surface area is 87.9 Å². The van der Waals surface area contributed by atoms with Gasteiger partial charge in [-0.3, -0.25) is 0 Å². The molecule has 0 unspecified atom stereocenters. The quantitative estimate of drug-likeness (QED) is 0.421. The molecule has 0 bridgehead atoms. The van der Waals surface area contributed by atoms with Gasteiger partial charge in [0.15, 0.2) is 0 Å². The van der Waals surface area contributed by atoms with Crippen molar-refractivity contribution < 1.29 is 0 Å². The van der Waals surface area contributed by atoms with Crippen molar-refractivity contribution in [2.45, 2.75) is 12.7 Å². The van der Waals surface area contributed by atoms with E-state index in [2.05, 4.69) is 25.0 Å². The zero-order valence-corrected chi connectivity index (χ0v) is 9.25. The van der Waals surface area contributed by atoms with Crippen LogP contribution in [-0.2, 0) is 5.75 Å². The summed E-state index contributed by atoms with van der Waals surface area (Å²) >= 11 is 0. The second-order valence-corrected chi connectivity index (χ2v) is 5.26. The molecule has 0 N–H and O–H groups in total. The monoisotopic (exact) mass is 208 g/mol. The number of hydrogen-bond acceptors (Lipinski definition) is 2. The summed E-state index contributed by atoms with van der Waals surface area (Å²) in [5.74, 6) is 4.83. The van der Waals surface area contributed by atoms with Crippen LogP contribution in [0.15, 0.2) is 24.3 Å². The van der Waals surface area contributed by atoms with Crippen molar-refractivity contribution in [1.29, 1.82) is 0 Å². The maximum absolute atomic E-state index is 5.26. The molecule has 0 radical (unpaired) electrons. The summed E-state index contributed by atoms with van der Waals surface area (Å²) in [6, 6.07) is 8.18. The molecule has 0 aliphatic carbocycles. The van der Waals surface area contributed by atoms with Crippen molar-refractivity contribution in [3.63, 3.8) is 0 Å². The molecule has 1 rings (SSSR count). The summed E-state index contributed by atoms with van der Waals surface area (Å²) in [4.78, 5) is 0. The first-order valence-corrected chi connectivity index (χ1v) is 6.65. The summed E-state index contributed by atoms with van der Waals surface area (Å²) in [6.07, 6.45) is 5.26. The molecule has 0 nitrogen and oxygen atoms in total. The van der Waals surface area contributed by atoms with E-state index in [4.69, 9.17) is 6.42 Å². The average Bonchev–Trinajstić information content (AvgIpc) is 2.19. The fraction of sp³-hybridized carbons (Fsp3) is 0.273. The molecule has 1 aromatic carbocycles. The molecule has 0 atom stereocenters. The van der Waals surface area contributed by atoms with Gasteiger partial charge in [-0.2, -0.15) is 0 Å².